The zero-order chi connectivity index (χ0) is 12.7. The predicted octanol–water partition coefficient (Wildman–Crippen LogP) is 2.75. The van der Waals surface area contributed by atoms with Crippen molar-refractivity contribution < 1.29 is 4.92 Å². The van der Waals surface area contributed by atoms with Gasteiger partial charge < -0.3 is 5.32 Å². The van der Waals surface area contributed by atoms with E-state index in [1.165, 1.54) is 12.1 Å². The molecule has 17 heavy (non-hydrogen) atoms. The summed E-state index contributed by atoms with van der Waals surface area (Å²) in [5, 5.41) is 14.1. The quantitative estimate of drug-likeness (QED) is 0.367. The van der Waals surface area contributed by atoms with Gasteiger partial charge in [0.1, 0.15) is 0 Å². The fraction of sp³-hybridized carbons (Fsp3) is 0.333. The monoisotopic (exact) mass is 252 g/mol. The lowest BCUT2D eigenvalue weighted by Crippen LogP contribution is -2.14. The summed E-state index contributed by atoms with van der Waals surface area (Å²) in [5.74, 6) is 2.56. The van der Waals surface area contributed by atoms with Crippen LogP contribution in [-0.4, -0.2) is 11.5 Å². The number of non-ortho nitro benzene ring substituents is 1. The Balaban J connectivity index is 2.50. The lowest BCUT2D eigenvalue weighted by molar-refractivity contribution is -0.384. The van der Waals surface area contributed by atoms with Crippen LogP contribution in [0.4, 0.5) is 5.69 Å². The highest BCUT2D eigenvalue weighted by molar-refractivity contribution is 6.31. The molecule has 0 saturated carbocycles. The van der Waals surface area contributed by atoms with Gasteiger partial charge in [-0.25, -0.2) is 0 Å². The van der Waals surface area contributed by atoms with Crippen LogP contribution >= 0.6 is 11.6 Å². The van der Waals surface area contributed by atoms with E-state index in [4.69, 9.17) is 18.0 Å². The summed E-state index contributed by atoms with van der Waals surface area (Å²) in [7, 11) is 0. The first kappa shape index (κ1) is 13.5. The Hall–Kier alpha value is -1.57. The summed E-state index contributed by atoms with van der Waals surface area (Å²) in [6, 6.07) is 4.47. The number of terminal acetylenes is 1. The number of rotatable bonds is 6. The molecular weight excluding hydrogens is 240 g/mol. The lowest BCUT2D eigenvalue weighted by atomic mass is 10.2. The van der Waals surface area contributed by atoms with Gasteiger partial charge >= 0.3 is 0 Å². The molecule has 0 aliphatic heterocycles. The number of nitro groups is 1. The lowest BCUT2D eigenvalue weighted by Gasteiger charge is -2.05. The third kappa shape index (κ3) is 4.43. The Bertz CT molecular complexity index is 441. The van der Waals surface area contributed by atoms with E-state index in [1.54, 1.807) is 6.07 Å². The number of nitrogens with zero attached hydrogens (tertiary/aromatic N) is 1. The Labute approximate surface area is 105 Å². The van der Waals surface area contributed by atoms with E-state index in [9.17, 15) is 10.1 Å². The summed E-state index contributed by atoms with van der Waals surface area (Å²) in [5.41, 5.74) is 0.851. The smallest absolute Gasteiger partial charge is 0.270 e. The molecule has 1 rings (SSSR count). The van der Waals surface area contributed by atoms with Crippen molar-refractivity contribution in [3.63, 3.8) is 0 Å². The van der Waals surface area contributed by atoms with E-state index in [1.807, 2.05) is 0 Å². The van der Waals surface area contributed by atoms with Crippen LogP contribution in [0.3, 0.4) is 0 Å². The van der Waals surface area contributed by atoms with Gasteiger partial charge in [0, 0.05) is 25.1 Å². The minimum atomic E-state index is -0.462. The van der Waals surface area contributed by atoms with Crippen LogP contribution in [0.25, 0.3) is 0 Å². The van der Waals surface area contributed by atoms with E-state index in [0.29, 0.717) is 11.6 Å². The summed E-state index contributed by atoms with van der Waals surface area (Å²) >= 11 is 5.94. The predicted molar refractivity (Wildman–Crippen MR) is 67.9 cm³/mol. The molecule has 1 aromatic carbocycles. The highest BCUT2D eigenvalue weighted by atomic mass is 35.5. The summed E-state index contributed by atoms with van der Waals surface area (Å²) in [6.07, 6.45) is 6.77. The van der Waals surface area contributed by atoms with Gasteiger partial charge in [0.05, 0.1) is 9.95 Å². The average molecular weight is 253 g/mol. The number of hydrogen-bond donors (Lipinski definition) is 1. The topological polar surface area (TPSA) is 55.2 Å². The van der Waals surface area contributed by atoms with Crippen LogP contribution < -0.4 is 5.32 Å². The van der Waals surface area contributed by atoms with Gasteiger partial charge in [-0.2, -0.15) is 0 Å². The zero-order valence-corrected chi connectivity index (χ0v) is 10.0. The molecule has 0 unspecified atom stereocenters. The van der Waals surface area contributed by atoms with Crippen LogP contribution in [0.1, 0.15) is 18.4 Å². The van der Waals surface area contributed by atoms with Crippen LogP contribution in [0.15, 0.2) is 18.2 Å². The molecule has 5 heteroatoms. The maximum atomic E-state index is 10.5. The molecule has 90 valence electrons. The van der Waals surface area contributed by atoms with E-state index in [-0.39, 0.29) is 5.69 Å². The summed E-state index contributed by atoms with van der Waals surface area (Å²) in [4.78, 5) is 10.0. The fourth-order valence-corrected chi connectivity index (χ4v) is 1.57. The highest BCUT2D eigenvalue weighted by Crippen LogP contribution is 2.22. The van der Waals surface area contributed by atoms with Gasteiger partial charge in [-0.1, -0.05) is 11.6 Å². The number of benzene rings is 1. The van der Waals surface area contributed by atoms with Crippen molar-refractivity contribution in [1.29, 1.82) is 0 Å². The summed E-state index contributed by atoms with van der Waals surface area (Å²) < 4.78 is 0. The van der Waals surface area contributed by atoms with Crippen molar-refractivity contribution >= 4 is 17.3 Å². The molecule has 1 N–H and O–H groups in total. The van der Waals surface area contributed by atoms with Gasteiger partial charge in [-0.05, 0) is 24.6 Å². The minimum absolute atomic E-state index is 0.00563. The largest absolute Gasteiger partial charge is 0.313 e. The van der Waals surface area contributed by atoms with Crippen LogP contribution in [0.5, 0.6) is 0 Å². The second-order valence-corrected chi connectivity index (χ2v) is 3.92. The molecule has 0 heterocycles. The normalized spacial score (nSPS) is 9.88. The van der Waals surface area contributed by atoms with Crippen LogP contribution in [0.2, 0.25) is 5.02 Å². The van der Waals surface area contributed by atoms with Crippen LogP contribution in [-0.2, 0) is 6.54 Å². The van der Waals surface area contributed by atoms with E-state index in [0.717, 1.165) is 24.9 Å². The molecule has 0 spiro atoms. The maximum absolute atomic E-state index is 10.5. The Morgan fingerprint density at radius 3 is 2.88 bits per heavy atom. The number of halogens is 1. The second kappa shape index (κ2) is 6.89. The number of nitrogens with one attached hydrogen (secondary N) is 1. The van der Waals surface area contributed by atoms with E-state index >= 15 is 0 Å². The van der Waals surface area contributed by atoms with Gasteiger partial charge in [0.15, 0.2) is 0 Å². The molecule has 0 aliphatic rings. The number of nitro benzene ring substituents is 1. The Morgan fingerprint density at radius 1 is 1.53 bits per heavy atom. The molecular formula is C12H13ClN2O2. The van der Waals surface area contributed by atoms with Crippen LogP contribution in [0, 0.1) is 22.5 Å². The van der Waals surface area contributed by atoms with Gasteiger partial charge in [0.2, 0.25) is 0 Å². The van der Waals surface area contributed by atoms with Crippen molar-refractivity contribution in [2.45, 2.75) is 19.4 Å². The van der Waals surface area contributed by atoms with Crippen molar-refractivity contribution in [3.05, 3.63) is 38.9 Å². The first-order valence-corrected chi connectivity index (χ1v) is 5.60. The molecule has 0 fully saturated rings. The van der Waals surface area contributed by atoms with Crippen molar-refractivity contribution in [3.8, 4) is 12.3 Å². The molecule has 0 radical (unpaired) electrons. The van der Waals surface area contributed by atoms with E-state index in [2.05, 4.69) is 11.2 Å². The average Bonchev–Trinajstić information content (AvgIpc) is 2.30. The zero-order valence-electron chi connectivity index (χ0n) is 9.28. The molecule has 0 amide bonds. The second-order valence-electron chi connectivity index (χ2n) is 3.52. The van der Waals surface area contributed by atoms with E-state index < -0.39 is 4.92 Å². The van der Waals surface area contributed by atoms with Crippen molar-refractivity contribution in [2.75, 3.05) is 6.54 Å². The molecule has 4 nitrogen and oxygen atoms in total. The molecule has 0 bridgehead atoms. The molecule has 1 aromatic rings. The fourth-order valence-electron chi connectivity index (χ4n) is 1.33. The maximum Gasteiger partial charge on any atom is 0.270 e. The van der Waals surface area contributed by atoms with Crippen molar-refractivity contribution in [1.82, 2.24) is 5.32 Å². The highest BCUT2D eigenvalue weighted by Gasteiger charge is 2.08. The Morgan fingerprint density at radius 2 is 2.29 bits per heavy atom. The summed E-state index contributed by atoms with van der Waals surface area (Å²) in [6.45, 7) is 1.39. The first-order valence-electron chi connectivity index (χ1n) is 5.22. The Kier molecular flexibility index (Phi) is 5.47. The third-order valence-electron chi connectivity index (χ3n) is 2.24. The third-order valence-corrected chi connectivity index (χ3v) is 2.59. The number of unbranched alkanes of at least 4 members (excludes halogenated alkanes) is 1. The molecule has 0 aliphatic carbocycles. The van der Waals surface area contributed by atoms with Gasteiger partial charge in [-0.3, -0.25) is 10.1 Å². The standard InChI is InChI=1S/C12H13ClN2O2/c1-2-3-4-7-14-9-10-5-6-11(15(16)17)8-12(10)13/h1,5-6,8,14H,3-4,7,9H2. The molecule has 0 saturated heterocycles. The number of hydrogen-bond acceptors (Lipinski definition) is 3. The SMILES string of the molecule is C#CCCCNCc1ccc([N+](=O)[O-])cc1Cl. The first-order chi connectivity index (χ1) is 8.15. The molecule has 0 atom stereocenters. The minimum Gasteiger partial charge on any atom is -0.313 e. The van der Waals surface area contributed by atoms with Crippen molar-refractivity contribution in [2.24, 2.45) is 0 Å². The van der Waals surface area contributed by atoms with Gasteiger partial charge in [-0.15, -0.1) is 12.3 Å². The molecule has 0 aromatic heterocycles. The van der Waals surface area contributed by atoms with Gasteiger partial charge in [0.25, 0.3) is 5.69 Å².